The Labute approximate surface area is 122 Å². The molecule has 7 nitrogen and oxygen atoms in total. The van der Waals surface area contributed by atoms with Gasteiger partial charge in [0.25, 0.3) is 0 Å². The molecular formula is C11H9F3O7S. The normalized spacial score (nSPS) is 17.2. The van der Waals surface area contributed by atoms with Gasteiger partial charge in [-0.1, -0.05) is 0 Å². The first kappa shape index (κ1) is 16.2. The van der Waals surface area contributed by atoms with Crippen LogP contribution in [0.15, 0.2) is 12.1 Å². The van der Waals surface area contributed by atoms with Crippen molar-refractivity contribution >= 4 is 16.1 Å². The molecule has 0 aromatic heterocycles. The van der Waals surface area contributed by atoms with Gasteiger partial charge in [-0.15, -0.1) is 0 Å². The predicted octanol–water partition coefficient (Wildman–Crippen LogP) is 1.91. The van der Waals surface area contributed by atoms with Crippen LogP contribution in [0.2, 0.25) is 0 Å². The van der Waals surface area contributed by atoms with Gasteiger partial charge in [0.1, 0.15) is 22.8 Å². The zero-order valence-corrected chi connectivity index (χ0v) is 11.9. The number of carbonyl (C=O) groups is 1. The van der Waals surface area contributed by atoms with Crippen LogP contribution in [0, 0.1) is 0 Å². The van der Waals surface area contributed by atoms with Crippen LogP contribution < -0.4 is 8.92 Å². The molecule has 0 aliphatic carbocycles. The van der Waals surface area contributed by atoms with Crippen molar-refractivity contribution in [1.82, 2.24) is 0 Å². The number of carbonyl (C=O) groups excluding carboxylic acids is 1. The van der Waals surface area contributed by atoms with E-state index in [1.165, 1.54) is 13.8 Å². The van der Waals surface area contributed by atoms with Crippen LogP contribution in [-0.2, 0) is 14.9 Å². The van der Waals surface area contributed by atoms with E-state index < -0.39 is 44.4 Å². The summed E-state index contributed by atoms with van der Waals surface area (Å²) in [6.07, 6.45) is 0. The lowest BCUT2D eigenvalue weighted by Gasteiger charge is -2.31. The summed E-state index contributed by atoms with van der Waals surface area (Å²) in [5.41, 5.74) is -6.09. The number of aromatic hydroxyl groups is 1. The number of esters is 1. The number of rotatable bonds is 2. The highest BCUT2D eigenvalue weighted by Crippen LogP contribution is 2.40. The van der Waals surface area contributed by atoms with Gasteiger partial charge >= 0.3 is 21.6 Å². The first-order valence-corrected chi connectivity index (χ1v) is 7.03. The van der Waals surface area contributed by atoms with E-state index in [9.17, 15) is 31.5 Å². The Hall–Kier alpha value is -2.17. The fourth-order valence-electron chi connectivity index (χ4n) is 1.64. The Bertz CT molecular complexity index is 737. The molecule has 1 heterocycles. The molecule has 0 saturated heterocycles. The Morgan fingerprint density at radius 2 is 1.82 bits per heavy atom. The van der Waals surface area contributed by atoms with E-state index in [-0.39, 0.29) is 5.75 Å². The summed E-state index contributed by atoms with van der Waals surface area (Å²) in [6.45, 7) is 2.68. The largest absolute Gasteiger partial charge is 0.534 e. The third-order valence-corrected chi connectivity index (χ3v) is 3.42. The molecule has 1 aromatic carbocycles. The summed E-state index contributed by atoms with van der Waals surface area (Å²) in [5.74, 6) is -4.50. The highest BCUT2D eigenvalue weighted by Gasteiger charge is 2.49. The Kier molecular flexibility index (Phi) is 3.43. The second-order valence-electron chi connectivity index (χ2n) is 4.69. The Morgan fingerprint density at radius 1 is 1.23 bits per heavy atom. The smallest absolute Gasteiger partial charge is 0.507 e. The molecule has 1 N–H and O–H groups in total. The average molecular weight is 342 g/mol. The highest BCUT2D eigenvalue weighted by molar-refractivity contribution is 7.88. The maximum atomic E-state index is 12.3. The van der Waals surface area contributed by atoms with E-state index in [1.54, 1.807) is 0 Å². The van der Waals surface area contributed by atoms with Gasteiger partial charge in [0.2, 0.25) is 5.79 Å². The molecule has 1 aliphatic heterocycles. The number of halogens is 3. The predicted molar refractivity (Wildman–Crippen MR) is 63.8 cm³/mol. The Morgan fingerprint density at radius 3 is 2.36 bits per heavy atom. The summed E-state index contributed by atoms with van der Waals surface area (Å²) >= 11 is 0. The van der Waals surface area contributed by atoms with Crippen LogP contribution >= 0.6 is 0 Å². The van der Waals surface area contributed by atoms with E-state index in [0.29, 0.717) is 6.07 Å². The zero-order valence-electron chi connectivity index (χ0n) is 11.1. The van der Waals surface area contributed by atoms with Crippen LogP contribution in [0.1, 0.15) is 24.2 Å². The first-order chi connectivity index (χ1) is 9.82. The molecule has 2 rings (SSSR count). The molecule has 0 amide bonds. The average Bonchev–Trinajstić information content (AvgIpc) is 2.22. The topological polar surface area (TPSA) is 99.1 Å². The molecule has 122 valence electrons. The number of ether oxygens (including phenoxy) is 2. The molecule has 0 radical (unpaired) electrons. The lowest BCUT2D eigenvalue weighted by atomic mass is 10.1. The van der Waals surface area contributed by atoms with Gasteiger partial charge in [-0.25, -0.2) is 4.79 Å². The van der Waals surface area contributed by atoms with Crippen LogP contribution in [0.4, 0.5) is 13.2 Å². The van der Waals surface area contributed by atoms with Crippen molar-refractivity contribution in [2.24, 2.45) is 0 Å². The SMILES string of the molecule is CC1(C)OC(=O)c2c(O)cc(OS(=O)(=O)C(F)(F)F)cc2O1. The monoisotopic (exact) mass is 342 g/mol. The molecule has 1 aliphatic rings. The second kappa shape index (κ2) is 4.66. The zero-order chi connectivity index (χ0) is 16.9. The molecule has 0 saturated carbocycles. The number of hydrogen-bond donors (Lipinski definition) is 1. The quantitative estimate of drug-likeness (QED) is 0.498. The molecule has 1 aromatic rings. The van der Waals surface area contributed by atoms with E-state index >= 15 is 0 Å². The molecule has 22 heavy (non-hydrogen) atoms. The number of fused-ring (bicyclic) bond motifs is 1. The fourth-order valence-corrected chi connectivity index (χ4v) is 2.09. The van der Waals surface area contributed by atoms with Crippen molar-refractivity contribution in [3.8, 4) is 17.2 Å². The first-order valence-electron chi connectivity index (χ1n) is 5.62. The fraction of sp³-hybridized carbons (Fsp3) is 0.364. The Balaban J connectivity index is 2.47. The lowest BCUT2D eigenvalue weighted by Crippen LogP contribution is -2.38. The number of phenols is 1. The summed E-state index contributed by atoms with van der Waals surface area (Å²) in [5, 5.41) is 9.64. The molecule has 0 unspecified atom stereocenters. The molecule has 0 fully saturated rings. The van der Waals surface area contributed by atoms with Crippen LogP contribution in [-0.4, -0.2) is 30.8 Å². The maximum Gasteiger partial charge on any atom is 0.534 e. The molecule has 0 bridgehead atoms. The summed E-state index contributed by atoms with van der Waals surface area (Å²) < 4.78 is 72.5. The van der Waals surface area contributed by atoms with Crippen molar-refractivity contribution in [3.63, 3.8) is 0 Å². The van der Waals surface area contributed by atoms with Crippen LogP contribution in [0.25, 0.3) is 0 Å². The minimum atomic E-state index is -5.92. The van der Waals surface area contributed by atoms with Crippen molar-refractivity contribution in [2.45, 2.75) is 25.1 Å². The van der Waals surface area contributed by atoms with Gasteiger partial charge in [-0.2, -0.15) is 21.6 Å². The highest BCUT2D eigenvalue weighted by atomic mass is 32.2. The summed E-state index contributed by atoms with van der Waals surface area (Å²) in [4.78, 5) is 11.7. The van der Waals surface area contributed by atoms with Crippen LogP contribution in [0.5, 0.6) is 17.2 Å². The van der Waals surface area contributed by atoms with Crippen molar-refractivity contribution in [2.75, 3.05) is 0 Å². The standard InChI is InChI=1S/C11H9F3O7S/c1-10(2)19-7-4-5(21-22(17,18)11(12,13)14)3-6(15)8(7)9(16)20-10/h3-4,15H,1-2H3. The third kappa shape index (κ3) is 2.89. The number of hydrogen-bond acceptors (Lipinski definition) is 7. The van der Waals surface area contributed by atoms with Gasteiger partial charge in [0, 0.05) is 26.0 Å². The number of benzene rings is 1. The summed E-state index contributed by atoms with van der Waals surface area (Å²) in [7, 11) is -5.92. The van der Waals surface area contributed by atoms with Gasteiger partial charge in [-0.05, 0) is 0 Å². The van der Waals surface area contributed by atoms with Gasteiger partial charge in [0.15, 0.2) is 0 Å². The molecule has 11 heteroatoms. The molecule has 0 spiro atoms. The third-order valence-electron chi connectivity index (χ3n) is 2.44. The van der Waals surface area contributed by atoms with E-state index in [0.717, 1.165) is 6.07 Å². The van der Waals surface area contributed by atoms with Crippen molar-refractivity contribution < 1.29 is 45.1 Å². The van der Waals surface area contributed by atoms with Crippen molar-refractivity contribution in [3.05, 3.63) is 17.7 Å². The van der Waals surface area contributed by atoms with Gasteiger partial charge in [-0.3, -0.25) is 0 Å². The van der Waals surface area contributed by atoms with E-state index in [1.807, 2.05) is 0 Å². The maximum absolute atomic E-state index is 12.3. The van der Waals surface area contributed by atoms with Gasteiger partial charge < -0.3 is 18.8 Å². The van der Waals surface area contributed by atoms with Gasteiger partial charge in [0.05, 0.1) is 0 Å². The lowest BCUT2D eigenvalue weighted by molar-refractivity contribution is -0.127. The summed E-state index contributed by atoms with van der Waals surface area (Å²) in [6, 6.07) is 1.27. The minimum Gasteiger partial charge on any atom is -0.507 e. The number of cyclic esters (lactones) is 1. The van der Waals surface area contributed by atoms with E-state index in [2.05, 4.69) is 4.18 Å². The second-order valence-corrected chi connectivity index (χ2v) is 6.23. The minimum absolute atomic E-state index is 0.367. The molecular weight excluding hydrogens is 333 g/mol. The van der Waals surface area contributed by atoms with Crippen LogP contribution in [0.3, 0.4) is 0 Å². The van der Waals surface area contributed by atoms with E-state index in [4.69, 9.17) is 9.47 Å². The number of alkyl halides is 3. The molecule has 0 atom stereocenters. The van der Waals surface area contributed by atoms with Crippen molar-refractivity contribution in [1.29, 1.82) is 0 Å². The number of phenolic OH excluding ortho intramolecular Hbond substituents is 1.